The molecule has 22 heavy (non-hydrogen) atoms. The van der Waals surface area contributed by atoms with Crippen molar-refractivity contribution in [3.05, 3.63) is 23.5 Å². The number of ether oxygens (including phenoxy) is 2. The number of nitrogens with one attached hydrogen (secondary N) is 2. The molecule has 1 heterocycles. The quantitative estimate of drug-likeness (QED) is 0.866. The molecule has 0 radical (unpaired) electrons. The molecule has 2 rings (SSSR count). The highest BCUT2D eigenvalue weighted by atomic mass is 35.5. The summed E-state index contributed by atoms with van der Waals surface area (Å²) in [5.74, 6) is 0.247. The van der Waals surface area contributed by atoms with Gasteiger partial charge in [0.25, 0.3) is 0 Å². The van der Waals surface area contributed by atoms with Gasteiger partial charge < -0.3 is 20.1 Å². The van der Waals surface area contributed by atoms with Gasteiger partial charge in [-0.2, -0.15) is 0 Å². The Morgan fingerprint density at radius 2 is 2.00 bits per heavy atom. The summed E-state index contributed by atoms with van der Waals surface area (Å²) in [6.45, 7) is 3.27. The molecule has 5 nitrogen and oxygen atoms in total. The minimum absolute atomic E-state index is 0. The number of hydrogen-bond acceptors (Lipinski definition) is 4. The Labute approximate surface area is 136 Å². The van der Waals surface area contributed by atoms with Crippen molar-refractivity contribution in [2.24, 2.45) is 5.92 Å². The fourth-order valence-electron chi connectivity index (χ4n) is 2.49. The fraction of sp³-hybridized carbons (Fsp3) is 0.533. The van der Waals surface area contributed by atoms with Gasteiger partial charge in [0.05, 0.1) is 26.2 Å². The maximum Gasteiger partial charge on any atom is 0.224 e. The first-order valence-electron chi connectivity index (χ1n) is 6.99. The molecule has 0 spiro atoms. The van der Waals surface area contributed by atoms with Crippen LogP contribution in [-0.2, 0) is 4.79 Å². The van der Waals surface area contributed by atoms with Gasteiger partial charge >= 0.3 is 0 Å². The number of rotatable bonds is 5. The molecule has 2 unspecified atom stereocenters. The molecule has 7 heteroatoms. The lowest BCUT2D eigenvalue weighted by molar-refractivity contribution is -0.125. The molecule has 1 amide bonds. The van der Waals surface area contributed by atoms with E-state index in [1.165, 1.54) is 20.3 Å². The minimum atomic E-state index is -0.432. The van der Waals surface area contributed by atoms with Crippen molar-refractivity contribution < 1.29 is 18.7 Å². The zero-order valence-corrected chi connectivity index (χ0v) is 13.8. The normalized spacial score (nSPS) is 18.3. The Kier molecular flexibility index (Phi) is 6.90. The van der Waals surface area contributed by atoms with E-state index in [-0.39, 0.29) is 24.2 Å². The van der Waals surface area contributed by atoms with Gasteiger partial charge in [0.2, 0.25) is 5.91 Å². The van der Waals surface area contributed by atoms with Gasteiger partial charge in [-0.05, 0) is 26.0 Å². The van der Waals surface area contributed by atoms with Crippen molar-refractivity contribution in [1.29, 1.82) is 0 Å². The summed E-state index contributed by atoms with van der Waals surface area (Å²) in [6.07, 6.45) is 0.812. The van der Waals surface area contributed by atoms with Crippen LogP contribution in [0.3, 0.4) is 0 Å². The van der Waals surface area contributed by atoms with Crippen LogP contribution in [0.4, 0.5) is 4.39 Å². The number of methoxy groups -OCH3 is 2. The molecule has 1 fully saturated rings. The van der Waals surface area contributed by atoms with Gasteiger partial charge in [-0.1, -0.05) is 0 Å². The Hall–Kier alpha value is -1.53. The van der Waals surface area contributed by atoms with Crippen LogP contribution >= 0.6 is 12.4 Å². The van der Waals surface area contributed by atoms with Crippen LogP contribution in [-0.4, -0.2) is 33.2 Å². The van der Waals surface area contributed by atoms with E-state index in [0.29, 0.717) is 23.6 Å². The van der Waals surface area contributed by atoms with Crippen LogP contribution in [0.15, 0.2) is 12.1 Å². The Bertz CT molecular complexity index is 522. The molecule has 124 valence electrons. The lowest BCUT2D eigenvalue weighted by Gasteiger charge is -2.19. The molecule has 1 aromatic carbocycles. The van der Waals surface area contributed by atoms with E-state index in [1.807, 2.05) is 0 Å². The molecule has 0 bridgehead atoms. The fourth-order valence-corrected chi connectivity index (χ4v) is 2.49. The summed E-state index contributed by atoms with van der Waals surface area (Å²) >= 11 is 0. The van der Waals surface area contributed by atoms with Crippen LogP contribution in [0.25, 0.3) is 0 Å². The summed E-state index contributed by atoms with van der Waals surface area (Å²) in [5.41, 5.74) is 0.381. The number of amides is 1. The maximum atomic E-state index is 14.1. The summed E-state index contributed by atoms with van der Waals surface area (Å²) in [5, 5.41) is 5.99. The lowest BCUT2D eigenvalue weighted by Crippen LogP contribution is -2.34. The standard InChI is InChI=1S/C15H21FN2O3.ClH/c1-9(18-15(19)10-4-5-17-8-10)11-6-13(20-2)14(21-3)7-12(11)16;/h6-7,9-10,17H,4-5,8H2,1-3H3,(H,18,19);1H. The van der Waals surface area contributed by atoms with E-state index in [0.717, 1.165) is 13.0 Å². The van der Waals surface area contributed by atoms with Crippen molar-refractivity contribution in [1.82, 2.24) is 10.6 Å². The van der Waals surface area contributed by atoms with Gasteiger partial charge in [0.1, 0.15) is 5.82 Å². The molecule has 1 saturated heterocycles. The summed E-state index contributed by atoms with van der Waals surface area (Å²) in [6, 6.07) is 2.40. The number of hydrogen-bond donors (Lipinski definition) is 2. The Morgan fingerprint density at radius 3 is 2.55 bits per heavy atom. The Balaban J connectivity index is 0.00000242. The second-order valence-corrected chi connectivity index (χ2v) is 5.15. The monoisotopic (exact) mass is 332 g/mol. The summed E-state index contributed by atoms with van der Waals surface area (Å²) in [7, 11) is 2.95. The predicted octanol–water partition coefficient (Wildman–Crippen LogP) is 2.05. The van der Waals surface area contributed by atoms with Crippen molar-refractivity contribution in [3.8, 4) is 11.5 Å². The third-order valence-corrected chi connectivity index (χ3v) is 3.76. The summed E-state index contributed by atoms with van der Waals surface area (Å²) < 4.78 is 24.4. The van der Waals surface area contributed by atoms with E-state index in [2.05, 4.69) is 10.6 Å². The number of carbonyl (C=O) groups is 1. The van der Waals surface area contributed by atoms with E-state index in [1.54, 1.807) is 13.0 Å². The maximum absolute atomic E-state index is 14.1. The molecule has 0 aromatic heterocycles. The third-order valence-electron chi connectivity index (χ3n) is 3.76. The topological polar surface area (TPSA) is 59.6 Å². The second kappa shape index (κ2) is 8.19. The van der Waals surface area contributed by atoms with Crippen LogP contribution < -0.4 is 20.1 Å². The molecular weight excluding hydrogens is 311 g/mol. The Morgan fingerprint density at radius 1 is 1.36 bits per heavy atom. The molecule has 2 atom stereocenters. The van der Waals surface area contributed by atoms with Crippen LogP contribution in [0.2, 0.25) is 0 Å². The van der Waals surface area contributed by atoms with Crippen molar-refractivity contribution in [2.75, 3.05) is 27.3 Å². The molecule has 0 aliphatic carbocycles. The van der Waals surface area contributed by atoms with Gasteiger partial charge in [-0.25, -0.2) is 4.39 Å². The lowest BCUT2D eigenvalue weighted by atomic mass is 10.0. The first-order chi connectivity index (χ1) is 10.1. The smallest absolute Gasteiger partial charge is 0.224 e. The van der Waals surface area contributed by atoms with Gasteiger partial charge in [-0.3, -0.25) is 4.79 Å². The molecule has 1 aliphatic rings. The number of halogens is 2. The largest absolute Gasteiger partial charge is 0.493 e. The van der Waals surface area contributed by atoms with E-state index < -0.39 is 11.9 Å². The van der Waals surface area contributed by atoms with Crippen molar-refractivity contribution in [3.63, 3.8) is 0 Å². The number of carbonyl (C=O) groups excluding carboxylic acids is 1. The molecule has 1 aromatic rings. The molecular formula is C15H22ClFN2O3. The van der Waals surface area contributed by atoms with Crippen LogP contribution in [0.1, 0.15) is 24.9 Å². The second-order valence-electron chi connectivity index (χ2n) is 5.15. The summed E-state index contributed by atoms with van der Waals surface area (Å²) in [4.78, 5) is 12.1. The van der Waals surface area contributed by atoms with Crippen LogP contribution in [0.5, 0.6) is 11.5 Å². The van der Waals surface area contributed by atoms with E-state index in [4.69, 9.17) is 9.47 Å². The van der Waals surface area contributed by atoms with Gasteiger partial charge in [-0.15, -0.1) is 12.4 Å². The first-order valence-corrected chi connectivity index (χ1v) is 6.99. The molecule has 1 aliphatic heterocycles. The average molecular weight is 333 g/mol. The predicted molar refractivity (Wildman–Crippen MR) is 84.3 cm³/mol. The van der Waals surface area contributed by atoms with Crippen molar-refractivity contribution in [2.45, 2.75) is 19.4 Å². The van der Waals surface area contributed by atoms with E-state index >= 15 is 0 Å². The highest BCUT2D eigenvalue weighted by molar-refractivity contribution is 5.85. The van der Waals surface area contributed by atoms with Gasteiger partial charge in [0.15, 0.2) is 11.5 Å². The number of benzene rings is 1. The SMILES string of the molecule is COc1cc(F)c(C(C)NC(=O)C2CCNC2)cc1OC.Cl. The average Bonchev–Trinajstić information content (AvgIpc) is 3.00. The van der Waals surface area contributed by atoms with Crippen molar-refractivity contribution >= 4 is 18.3 Å². The first kappa shape index (κ1) is 18.5. The van der Waals surface area contributed by atoms with E-state index in [9.17, 15) is 9.18 Å². The van der Waals surface area contributed by atoms with Crippen LogP contribution in [0, 0.1) is 11.7 Å². The molecule has 0 saturated carbocycles. The highest BCUT2D eigenvalue weighted by Crippen LogP contribution is 2.32. The van der Waals surface area contributed by atoms with Gasteiger partial charge in [0, 0.05) is 18.2 Å². The minimum Gasteiger partial charge on any atom is -0.493 e. The third kappa shape index (κ3) is 4.01. The highest BCUT2D eigenvalue weighted by Gasteiger charge is 2.25. The zero-order chi connectivity index (χ0) is 15.4. The molecule has 2 N–H and O–H groups in total. The zero-order valence-electron chi connectivity index (χ0n) is 12.9.